The van der Waals surface area contributed by atoms with Crippen LogP contribution in [0.25, 0.3) is 0 Å². The van der Waals surface area contributed by atoms with Crippen LogP contribution in [-0.2, 0) is 28.7 Å². The van der Waals surface area contributed by atoms with Gasteiger partial charge >= 0.3 is 6.18 Å². The molecule has 1 aliphatic carbocycles. The normalized spacial score (nSPS) is 41.0. The van der Waals surface area contributed by atoms with Crippen molar-refractivity contribution in [3.8, 4) is 0 Å². The molecule has 1 aromatic rings. The maximum Gasteiger partial charge on any atom is 0.417 e. The van der Waals surface area contributed by atoms with Crippen LogP contribution in [0.4, 0.5) is 13.2 Å². The van der Waals surface area contributed by atoms with Gasteiger partial charge in [0, 0.05) is 43.5 Å². The van der Waals surface area contributed by atoms with Crippen molar-refractivity contribution in [1.82, 2.24) is 14.8 Å². The van der Waals surface area contributed by atoms with Crippen molar-refractivity contribution >= 4 is 5.91 Å². The van der Waals surface area contributed by atoms with E-state index in [0.717, 1.165) is 38.6 Å². The van der Waals surface area contributed by atoms with Crippen LogP contribution in [-0.4, -0.2) is 58.1 Å². The monoisotopic (exact) mass is 407 g/mol. The van der Waals surface area contributed by atoms with Gasteiger partial charge in [0.1, 0.15) is 0 Å². The average Bonchev–Trinajstić information content (AvgIpc) is 3.19. The summed E-state index contributed by atoms with van der Waals surface area (Å²) in [6, 6.07) is 2.16. The van der Waals surface area contributed by atoms with Gasteiger partial charge in [0.15, 0.2) is 0 Å². The van der Waals surface area contributed by atoms with Gasteiger partial charge in [-0.1, -0.05) is 6.92 Å². The maximum absolute atomic E-state index is 13.5. The van der Waals surface area contributed by atoms with E-state index in [4.69, 9.17) is 4.74 Å². The summed E-state index contributed by atoms with van der Waals surface area (Å²) in [5.41, 5.74) is 0.142. The van der Waals surface area contributed by atoms with Crippen LogP contribution in [0, 0.1) is 11.3 Å². The molecular formula is C21H24F3N3O2. The third kappa shape index (κ3) is 2.36. The van der Waals surface area contributed by atoms with Gasteiger partial charge in [-0.3, -0.25) is 14.7 Å². The van der Waals surface area contributed by atoms with Crippen molar-refractivity contribution in [1.29, 1.82) is 0 Å². The average molecular weight is 407 g/mol. The minimum atomic E-state index is -4.42. The van der Waals surface area contributed by atoms with Gasteiger partial charge in [0.05, 0.1) is 29.7 Å². The molecule has 1 spiro atoms. The lowest BCUT2D eigenvalue weighted by Crippen LogP contribution is -2.72. The molecule has 5 nitrogen and oxygen atoms in total. The van der Waals surface area contributed by atoms with E-state index in [2.05, 4.69) is 16.8 Å². The Hall–Kier alpha value is -1.67. The van der Waals surface area contributed by atoms with E-state index < -0.39 is 11.7 Å². The third-order valence-corrected chi connectivity index (χ3v) is 8.39. The van der Waals surface area contributed by atoms with Crippen LogP contribution in [0.15, 0.2) is 12.3 Å². The van der Waals surface area contributed by atoms with E-state index in [0.29, 0.717) is 35.9 Å². The van der Waals surface area contributed by atoms with Crippen LogP contribution < -0.4 is 0 Å². The van der Waals surface area contributed by atoms with E-state index >= 15 is 0 Å². The molecule has 4 unspecified atom stereocenters. The minimum absolute atomic E-state index is 0.0363. The van der Waals surface area contributed by atoms with Gasteiger partial charge in [0.25, 0.3) is 0 Å². The van der Waals surface area contributed by atoms with Crippen molar-refractivity contribution in [2.75, 3.05) is 13.2 Å². The second kappa shape index (κ2) is 5.72. The Labute approximate surface area is 167 Å². The van der Waals surface area contributed by atoms with Gasteiger partial charge in [-0.25, -0.2) is 0 Å². The largest absolute Gasteiger partial charge is 0.417 e. The van der Waals surface area contributed by atoms with Crippen molar-refractivity contribution in [3.05, 3.63) is 29.1 Å². The number of carbonyl (C=O) groups excluding carboxylic acids is 1. The number of likely N-dealkylation sites (tertiary alicyclic amines) is 1. The highest BCUT2D eigenvalue weighted by molar-refractivity contribution is 5.87. The van der Waals surface area contributed by atoms with E-state index in [1.165, 1.54) is 6.07 Å². The molecule has 1 aromatic heterocycles. The number of halogens is 3. The molecule has 0 radical (unpaired) electrons. The van der Waals surface area contributed by atoms with Gasteiger partial charge in [-0.15, -0.1) is 0 Å². The maximum atomic E-state index is 13.5. The first kappa shape index (κ1) is 18.1. The second-order valence-electron chi connectivity index (χ2n) is 9.51. The Kier molecular flexibility index (Phi) is 3.58. The van der Waals surface area contributed by atoms with Crippen molar-refractivity contribution in [2.24, 2.45) is 11.3 Å². The topological polar surface area (TPSA) is 45.7 Å². The second-order valence-corrected chi connectivity index (χ2v) is 9.51. The van der Waals surface area contributed by atoms with E-state index in [-0.39, 0.29) is 29.8 Å². The summed E-state index contributed by atoms with van der Waals surface area (Å²) in [5.74, 6) is 0.328. The number of fused-ring (bicyclic) bond motifs is 3. The number of alkyl halides is 3. The molecule has 5 aliphatic rings. The van der Waals surface area contributed by atoms with Crippen LogP contribution >= 0.6 is 0 Å². The first-order valence-corrected chi connectivity index (χ1v) is 10.5. The predicted molar refractivity (Wildman–Crippen MR) is 96.8 cm³/mol. The van der Waals surface area contributed by atoms with Gasteiger partial charge in [0.2, 0.25) is 5.91 Å². The highest BCUT2D eigenvalue weighted by Gasteiger charge is 2.62. The first-order valence-electron chi connectivity index (χ1n) is 10.5. The van der Waals surface area contributed by atoms with Crippen LogP contribution in [0.2, 0.25) is 0 Å². The molecule has 1 saturated carbocycles. The first-order chi connectivity index (χ1) is 13.8. The number of hydrogen-bond acceptors (Lipinski definition) is 4. The summed E-state index contributed by atoms with van der Waals surface area (Å²) in [4.78, 5) is 22.0. The Morgan fingerprint density at radius 2 is 2.14 bits per heavy atom. The summed E-state index contributed by atoms with van der Waals surface area (Å²) < 4.78 is 44.8. The van der Waals surface area contributed by atoms with Gasteiger partial charge < -0.3 is 9.64 Å². The van der Waals surface area contributed by atoms with Crippen molar-refractivity contribution < 1.29 is 22.7 Å². The lowest BCUT2D eigenvalue weighted by Gasteiger charge is -2.57. The molecule has 4 fully saturated rings. The zero-order valence-corrected chi connectivity index (χ0v) is 16.3. The number of rotatable bonds is 1. The zero-order valence-electron chi connectivity index (χ0n) is 16.3. The molecule has 0 aromatic carbocycles. The fourth-order valence-corrected chi connectivity index (χ4v) is 6.51. The Morgan fingerprint density at radius 3 is 2.79 bits per heavy atom. The molecule has 156 valence electrons. The quantitative estimate of drug-likeness (QED) is 0.718. The summed E-state index contributed by atoms with van der Waals surface area (Å²) >= 11 is 0. The van der Waals surface area contributed by atoms with Crippen LogP contribution in [0.1, 0.15) is 43.0 Å². The number of amides is 1. The Balaban J connectivity index is 1.26. The molecule has 5 heterocycles. The number of pyridine rings is 1. The molecule has 8 heteroatoms. The number of morpholine rings is 1. The molecule has 6 atom stereocenters. The van der Waals surface area contributed by atoms with E-state index in [1.807, 2.05) is 4.90 Å². The molecule has 29 heavy (non-hydrogen) atoms. The van der Waals surface area contributed by atoms with E-state index in [9.17, 15) is 18.0 Å². The fourth-order valence-electron chi connectivity index (χ4n) is 6.51. The molecule has 1 amide bonds. The summed E-state index contributed by atoms with van der Waals surface area (Å²) in [6.07, 6.45) is 0.202. The number of nitrogens with zero attached hydrogens (tertiary/aromatic N) is 3. The summed E-state index contributed by atoms with van der Waals surface area (Å²) in [6.45, 7) is 4.17. The minimum Gasteiger partial charge on any atom is -0.373 e. The third-order valence-electron chi connectivity index (χ3n) is 8.39. The zero-order chi connectivity index (χ0) is 20.1. The van der Waals surface area contributed by atoms with Gasteiger partial charge in [-0.2, -0.15) is 13.2 Å². The van der Waals surface area contributed by atoms with Gasteiger partial charge in [-0.05, 0) is 36.8 Å². The molecule has 0 N–H and O–H groups in total. The fraction of sp³-hybridized carbons (Fsp3) is 0.714. The predicted octanol–water partition coefficient (Wildman–Crippen LogP) is 2.63. The smallest absolute Gasteiger partial charge is 0.373 e. The Bertz CT molecular complexity index is 890. The number of carbonyl (C=O) groups is 1. The lowest BCUT2D eigenvalue weighted by atomic mass is 9.73. The molecular weight excluding hydrogens is 383 g/mol. The molecule has 3 saturated heterocycles. The molecule has 4 aliphatic heterocycles. The summed E-state index contributed by atoms with van der Waals surface area (Å²) in [7, 11) is 0. The van der Waals surface area contributed by atoms with Crippen molar-refractivity contribution in [3.63, 3.8) is 0 Å². The standard InChI is InChI=1S/C21H24F3N3O2/c1-11-16-5-15-12(4-13(7-25-15)21(22,23)24)8-27(16)19(28)20(11)3-2-14(6-20)26-9-18-17(26)10-29-18/h4,7,11,14,16-18H,2-3,5-6,8-10H2,1H3/t11?,14-,16?,17?,18?,20+/m1/s1. The number of ether oxygens (including phenoxy) is 1. The highest BCUT2D eigenvalue weighted by atomic mass is 19.4. The molecule has 6 rings (SSSR count). The van der Waals surface area contributed by atoms with E-state index in [1.54, 1.807) is 0 Å². The van der Waals surface area contributed by atoms with Crippen LogP contribution in [0.5, 0.6) is 0 Å². The summed E-state index contributed by atoms with van der Waals surface area (Å²) in [5, 5.41) is 0. The lowest BCUT2D eigenvalue weighted by molar-refractivity contribution is -0.226. The highest BCUT2D eigenvalue weighted by Crippen LogP contribution is 2.56. The van der Waals surface area contributed by atoms with Crippen molar-refractivity contribution in [2.45, 2.75) is 69.6 Å². The molecule has 0 bridgehead atoms. The number of hydrogen-bond donors (Lipinski definition) is 0. The Morgan fingerprint density at radius 1 is 1.31 bits per heavy atom. The SMILES string of the molecule is CC1C2Cc3ncc(C(F)(F)F)cc3CN2C(=O)[C@]12CC[C@@H](N1CC3OCC31)C2. The number of aromatic nitrogens is 1. The van der Waals surface area contributed by atoms with Crippen LogP contribution in [0.3, 0.4) is 0 Å².